The van der Waals surface area contributed by atoms with E-state index in [1.807, 2.05) is 0 Å². The largest absolute Gasteiger partial charge is 0.462 e. The molecule has 32 heavy (non-hydrogen) atoms. The topological polar surface area (TPSA) is 144 Å². The lowest BCUT2D eigenvalue weighted by atomic mass is 10.1. The van der Waals surface area contributed by atoms with Crippen LogP contribution in [0.15, 0.2) is 28.8 Å². The van der Waals surface area contributed by atoms with E-state index in [1.165, 1.54) is 12.1 Å². The minimum atomic E-state index is -0.706. The van der Waals surface area contributed by atoms with Crippen LogP contribution >= 0.6 is 11.3 Å². The van der Waals surface area contributed by atoms with E-state index < -0.39 is 17.9 Å². The minimum Gasteiger partial charge on any atom is -0.462 e. The third-order valence-corrected chi connectivity index (χ3v) is 5.26. The molecule has 0 fully saturated rings. The summed E-state index contributed by atoms with van der Waals surface area (Å²) in [6.07, 6.45) is 0. The first-order chi connectivity index (χ1) is 15.3. The maximum Gasteiger partial charge on any atom is 0.348 e. The van der Waals surface area contributed by atoms with Gasteiger partial charge in [-0.05, 0) is 45.0 Å². The van der Waals surface area contributed by atoms with Crippen LogP contribution < -0.4 is 5.73 Å². The fraction of sp³-hybridized carbons (Fsp3) is 0.286. The molecule has 2 aromatic heterocycles. The van der Waals surface area contributed by atoms with Crippen molar-refractivity contribution in [1.82, 2.24) is 10.1 Å². The summed E-state index contributed by atoms with van der Waals surface area (Å²) in [6, 6.07) is 6.36. The number of nitrogens with zero attached hydrogens (tertiary/aromatic N) is 2. The average molecular weight is 459 g/mol. The van der Waals surface area contributed by atoms with E-state index in [1.54, 1.807) is 32.9 Å². The SMILES string of the molecule is CCOC(=O)c1sc(N)c(C(=O)OCC)c1COC(=O)c1ccc(-c2nc(C)no2)cc1. The Morgan fingerprint density at radius 2 is 1.66 bits per heavy atom. The van der Waals surface area contributed by atoms with Crippen LogP contribution in [0.25, 0.3) is 11.5 Å². The van der Waals surface area contributed by atoms with E-state index in [-0.39, 0.29) is 46.4 Å². The van der Waals surface area contributed by atoms with E-state index in [4.69, 9.17) is 24.5 Å². The lowest BCUT2D eigenvalue weighted by Crippen LogP contribution is -2.14. The zero-order chi connectivity index (χ0) is 23.3. The standard InChI is InChI=1S/C21H21N3O7S/c1-4-28-20(26)15-14(16(32-17(15)22)21(27)29-5-2)10-30-19(25)13-8-6-12(7-9-13)18-23-11(3)24-31-18/h6-9H,4-5,10,22H2,1-3H3. The second-order valence-electron chi connectivity index (χ2n) is 6.39. The van der Waals surface area contributed by atoms with Gasteiger partial charge in [0.25, 0.3) is 5.89 Å². The number of aromatic nitrogens is 2. The third kappa shape index (κ3) is 4.94. The lowest BCUT2D eigenvalue weighted by molar-refractivity contribution is 0.0437. The first kappa shape index (κ1) is 22.9. The number of rotatable bonds is 8. The number of benzene rings is 1. The van der Waals surface area contributed by atoms with Gasteiger partial charge in [0.2, 0.25) is 0 Å². The molecular weight excluding hydrogens is 438 g/mol. The van der Waals surface area contributed by atoms with Crippen LogP contribution in [0, 0.1) is 6.92 Å². The van der Waals surface area contributed by atoms with Gasteiger partial charge in [-0.25, -0.2) is 14.4 Å². The second kappa shape index (κ2) is 10.1. The maximum absolute atomic E-state index is 12.6. The highest BCUT2D eigenvalue weighted by Crippen LogP contribution is 2.33. The van der Waals surface area contributed by atoms with E-state index in [2.05, 4.69) is 10.1 Å². The predicted molar refractivity (Wildman–Crippen MR) is 114 cm³/mol. The fourth-order valence-electron chi connectivity index (χ4n) is 2.80. The number of anilines is 1. The first-order valence-corrected chi connectivity index (χ1v) is 10.5. The quantitative estimate of drug-likeness (QED) is 0.393. The van der Waals surface area contributed by atoms with Crippen molar-refractivity contribution < 1.29 is 33.1 Å². The van der Waals surface area contributed by atoms with Crippen molar-refractivity contribution in [2.24, 2.45) is 0 Å². The summed E-state index contributed by atoms with van der Waals surface area (Å²) in [7, 11) is 0. The van der Waals surface area contributed by atoms with Crippen LogP contribution in [0.1, 0.15) is 55.6 Å². The van der Waals surface area contributed by atoms with E-state index in [0.717, 1.165) is 11.3 Å². The van der Waals surface area contributed by atoms with Gasteiger partial charge in [-0.2, -0.15) is 4.98 Å². The summed E-state index contributed by atoms with van der Waals surface area (Å²) < 4.78 is 20.5. The molecule has 168 valence electrons. The number of carbonyl (C=O) groups excluding carboxylic acids is 3. The van der Waals surface area contributed by atoms with Gasteiger partial charge < -0.3 is 24.5 Å². The van der Waals surface area contributed by atoms with Crippen LogP contribution in [-0.2, 0) is 20.8 Å². The molecular formula is C21H21N3O7S. The second-order valence-corrected chi connectivity index (χ2v) is 7.44. The van der Waals surface area contributed by atoms with Gasteiger partial charge in [0, 0.05) is 11.1 Å². The summed E-state index contributed by atoms with van der Waals surface area (Å²) in [5.74, 6) is -1.21. The number of carbonyl (C=O) groups is 3. The molecule has 10 nitrogen and oxygen atoms in total. The number of aryl methyl sites for hydroxylation is 1. The Hall–Kier alpha value is -3.73. The van der Waals surface area contributed by atoms with Crippen molar-refractivity contribution in [1.29, 1.82) is 0 Å². The molecule has 0 unspecified atom stereocenters. The smallest absolute Gasteiger partial charge is 0.348 e. The first-order valence-electron chi connectivity index (χ1n) is 9.68. The Labute approximate surface area is 187 Å². The van der Waals surface area contributed by atoms with Crippen molar-refractivity contribution in [3.63, 3.8) is 0 Å². The van der Waals surface area contributed by atoms with E-state index in [0.29, 0.717) is 17.3 Å². The number of ether oxygens (including phenoxy) is 3. The molecule has 0 saturated heterocycles. The molecule has 0 bridgehead atoms. The zero-order valence-corrected chi connectivity index (χ0v) is 18.5. The fourth-order valence-corrected chi connectivity index (χ4v) is 3.75. The molecule has 0 aliphatic heterocycles. The van der Waals surface area contributed by atoms with Gasteiger partial charge in [-0.15, -0.1) is 11.3 Å². The Bertz CT molecular complexity index is 1130. The molecule has 0 amide bonds. The Morgan fingerprint density at radius 3 is 2.25 bits per heavy atom. The normalized spacial score (nSPS) is 10.6. The molecule has 0 spiro atoms. The number of esters is 3. The highest BCUT2D eigenvalue weighted by molar-refractivity contribution is 7.18. The van der Waals surface area contributed by atoms with Crippen molar-refractivity contribution >= 4 is 34.2 Å². The summed E-state index contributed by atoms with van der Waals surface area (Å²) in [5.41, 5.74) is 6.99. The summed E-state index contributed by atoms with van der Waals surface area (Å²) >= 11 is 0.880. The zero-order valence-electron chi connectivity index (χ0n) is 17.7. The van der Waals surface area contributed by atoms with E-state index in [9.17, 15) is 14.4 Å². The molecule has 0 aliphatic rings. The molecule has 2 N–H and O–H groups in total. The molecule has 11 heteroatoms. The van der Waals surface area contributed by atoms with Crippen molar-refractivity contribution in [2.45, 2.75) is 27.4 Å². The Kier molecular flexibility index (Phi) is 7.21. The van der Waals surface area contributed by atoms with Crippen LogP contribution in [0.3, 0.4) is 0 Å². The van der Waals surface area contributed by atoms with Gasteiger partial charge in [0.1, 0.15) is 22.0 Å². The van der Waals surface area contributed by atoms with Crippen molar-refractivity contribution in [3.05, 3.63) is 51.7 Å². The van der Waals surface area contributed by atoms with Crippen LogP contribution in [0.4, 0.5) is 5.00 Å². The molecule has 0 atom stereocenters. The molecule has 0 saturated carbocycles. The van der Waals surface area contributed by atoms with Gasteiger partial charge in [-0.3, -0.25) is 0 Å². The average Bonchev–Trinajstić information content (AvgIpc) is 3.35. The van der Waals surface area contributed by atoms with Gasteiger partial charge >= 0.3 is 17.9 Å². The monoisotopic (exact) mass is 459 g/mol. The number of hydrogen-bond donors (Lipinski definition) is 1. The molecule has 0 radical (unpaired) electrons. The Balaban J connectivity index is 1.81. The van der Waals surface area contributed by atoms with Crippen LogP contribution in [-0.4, -0.2) is 41.3 Å². The predicted octanol–water partition coefficient (Wildman–Crippen LogP) is 3.40. The number of nitrogen functional groups attached to an aromatic ring is 1. The van der Waals surface area contributed by atoms with Gasteiger partial charge in [0.05, 0.1) is 18.8 Å². The molecule has 0 aliphatic carbocycles. The molecule has 3 rings (SSSR count). The van der Waals surface area contributed by atoms with E-state index >= 15 is 0 Å². The molecule has 1 aromatic carbocycles. The van der Waals surface area contributed by atoms with Crippen molar-refractivity contribution in [2.75, 3.05) is 18.9 Å². The lowest BCUT2D eigenvalue weighted by Gasteiger charge is -2.09. The third-order valence-electron chi connectivity index (χ3n) is 4.22. The van der Waals surface area contributed by atoms with Crippen LogP contribution in [0.5, 0.6) is 0 Å². The summed E-state index contributed by atoms with van der Waals surface area (Å²) in [5, 5.41) is 3.80. The van der Waals surface area contributed by atoms with Gasteiger partial charge in [-0.1, -0.05) is 5.16 Å². The number of thiophene rings is 1. The van der Waals surface area contributed by atoms with Crippen LogP contribution in [0.2, 0.25) is 0 Å². The number of hydrogen-bond acceptors (Lipinski definition) is 11. The van der Waals surface area contributed by atoms with Gasteiger partial charge in [0.15, 0.2) is 5.82 Å². The Morgan fingerprint density at radius 1 is 1.00 bits per heavy atom. The molecule has 3 aromatic rings. The summed E-state index contributed by atoms with van der Waals surface area (Å²) in [4.78, 5) is 41.4. The molecule has 2 heterocycles. The minimum absolute atomic E-state index is 0.00480. The number of nitrogens with two attached hydrogens (primary N) is 1. The highest BCUT2D eigenvalue weighted by Gasteiger charge is 2.28. The maximum atomic E-state index is 12.6. The highest BCUT2D eigenvalue weighted by atomic mass is 32.1. The summed E-state index contributed by atoms with van der Waals surface area (Å²) in [6.45, 7) is 4.89. The van der Waals surface area contributed by atoms with Crippen molar-refractivity contribution in [3.8, 4) is 11.5 Å².